The second-order valence-electron chi connectivity index (χ2n) is 7.67. The van der Waals surface area contributed by atoms with Crippen LogP contribution >= 0.6 is 11.3 Å². The molecule has 0 unspecified atom stereocenters. The van der Waals surface area contributed by atoms with Gasteiger partial charge < -0.3 is 4.98 Å². The summed E-state index contributed by atoms with van der Waals surface area (Å²) >= 11 is 1.15. The third-order valence-electron chi connectivity index (χ3n) is 5.35. The van der Waals surface area contributed by atoms with E-state index in [1.807, 2.05) is 30.5 Å². The van der Waals surface area contributed by atoms with Crippen molar-refractivity contribution in [3.63, 3.8) is 0 Å². The Morgan fingerprint density at radius 3 is 2.66 bits per heavy atom. The fraction of sp³-hybridized carbons (Fsp3) is 0.0833. The van der Waals surface area contributed by atoms with Crippen molar-refractivity contribution < 1.29 is 18.0 Å². The van der Waals surface area contributed by atoms with Gasteiger partial charge >= 0.3 is 6.18 Å². The molecule has 0 aliphatic rings. The molecular formula is C24H16F3N5O2S. The summed E-state index contributed by atoms with van der Waals surface area (Å²) < 4.78 is 41.5. The minimum atomic E-state index is -4.64. The van der Waals surface area contributed by atoms with Gasteiger partial charge in [0.05, 0.1) is 16.9 Å². The van der Waals surface area contributed by atoms with Crippen LogP contribution in [0, 0.1) is 6.92 Å². The van der Waals surface area contributed by atoms with Gasteiger partial charge in [-0.05, 0) is 25.1 Å². The molecule has 3 heterocycles. The highest BCUT2D eigenvalue weighted by atomic mass is 32.1. The standard InChI is InChI=1S/C24H16F3N5O2S/c1-13-10-20(33)21(31-32(13)19-9-5-3-7-16(19)24(25,26)27)22(34)30-23-29-18(12-35-23)15-11-28-17-8-4-2-6-14(15)17/h2-12,28H,1H3,(H,29,30,34). The Morgan fingerprint density at radius 2 is 1.86 bits per heavy atom. The van der Waals surface area contributed by atoms with Gasteiger partial charge in [0.1, 0.15) is 0 Å². The summed E-state index contributed by atoms with van der Waals surface area (Å²) in [7, 11) is 0. The average molecular weight is 495 g/mol. The van der Waals surface area contributed by atoms with Crippen LogP contribution < -0.4 is 10.7 Å². The van der Waals surface area contributed by atoms with Gasteiger partial charge in [0, 0.05) is 39.8 Å². The Morgan fingerprint density at radius 1 is 1.11 bits per heavy atom. The zero-order valence-corrected chi connectivity index (χ0v) is 18.9. The lowest BCUT2D eigenvalue weighted by molar-refractivity contribution is -0.137. The molecular weight excluding hydrogens is 479 g/mol. The highest BCUT2D eigenvalue weighted by molar-refractivity contribution is 7.14. The van der Waals surface area contributed by atoms with E-state index >= 15 is 0 Å². The Bertz CT molecular complexity index is 1630. The normalized spacial score (nSPS) is 11.7. The molecule has 35 heavy (non-hydrogen) atoms. The number of aromatic nitrogens is 4. The lowest BCUT2D eigenvalue weighted by Gasteiger charge is -2.16. The zero-order chi connectivity index (χ0) is 24.7. The van der Waals surface area contributed by atoms with Gasteiger partial charge in [-0.1, -0.05) is 30.3 Å². The van der Waals surface area contributed by atoms with E-state index in [0.717, 1.165) is 44.6 Å². The molecule has 2 aromatic carbocycles. The van der Waals surface area contributed by atoms with Crippen molar-refractivity contribution in [3.8, 4) is 16.9 Å². The molecule has 7 nitrogen and oxygen atoms in total. The summed E-state index contributed by atoms with van der Waals surface area (Å²) in [5.74, 6) is -0.868. The van der Waals surface area contributed by atoms with Gasteiger partial charge in [0.15, 0.2) is 10.8 Å². The average Bonchev–Trinajstić information content (AvgIpc) is 3.45. The molecule has 0 saturated carbocycles. The predicted octanol–water partition coefficient (Wildman–Crippen LogP) is 5.42. The number of benzene rings is 2. The number of alkyl halides is 3. The number of carbonyl (C=O) groups is 1. The van der Waals surface area contributed by atoms with Crippen molar-refractivity contribution in [1.82, 2.24) is 19.7 Å². The summed E-state index contributed by atoms with van der Waals surface area (Å²) in [6, 6.07) is 13.6. The van der Waals surface area contributed by atoms with Crippen LogP contribution in [-0.2, 0) is 6.18 Å². The third kappa shape index (κ3) is 4.21. The van der Waals surface area contributed by atoms with Gasteiger partial charge in [-0.2, -0.15) is 18.3 Å². The summed E-state index contributed by atoms with van der Waals surface area (Å²) in [5.41, 5.74) is 0.0682. The van der Waals surface area contributed by atoms with Crippen LogP contribution in [0.15, 0.2) is 71.0 Å². The van der Waals surface area contributed by atoms with Crippen LogP contribution in [0.3, 0.4) is 0 Å². The maximum Gasteiger partial charge on any atom is 0.418 e. The number of carbonyl (C=O) groups excluding carboxylic acids is 1. The number of nitrogens with zero attached hydrogens (tertiary/aromatic N) is 3. The van der Waals surface area contributed by atoms with Gasteiger partial charge in [-0.15, -0.1) is 11.3 Å². The SMILES string of the molecule is Cc1cc(=O)c(C(=O)Nc2nc(-c3c[nH]c4ccccc34)cs2)nn1-c1ccccc1C(F)(F)F. The van der Waals surface area contributed by atoms with Crippen molar-refractivity contribution >= 4 is 33.3 Å². The van der Waals surface area contributed by atoms with E-state index in [4.69, 9.17) is 0 Å². The van der Waals surface area contributed by atoms with Crippen molar-refractivity contribution in [2.75, 3.05) is 5.32 Å². The first kappa shape index (κ1) is 22.5. The molecule has 5 aromatic rings. The van der Waals surface area contributed by atoms with E-state index in [-0.39, 0.29) is 16.5 Å². The van der Waals surface area contributed by atoms with E-state index in [0.29, 0.717) is 5.69 Å². The second-order valence-corrected chi connectivity index (χ2v) is 8.52. The molecule has 0 spiro atoms. The van der Waals surface area contributed by atoms with Crippen molar-refractivity contribution in [3.05, 3.63) is 93.3 Å². The highest BCUT2D eigenvalue weighted by Crippen LogP contribution is 2.34. The maximum atomic E-state index is 13.5. The summed E-state index contributed by atoms with van der Waals surface area (Å²) in [4.78, 5) is 32.9. The number of rotatable bonds is 4. The van der Waals surface area contributed by atoms with Gasteiger partial charge in [-0.25, -0.2) is 9.67 Å². The minimum Gasteiger partial charge on any atom is -0.360 e. The second kappa shape index (κ2) is 8.51. The largest absolute Gasteiger partial charge is 0.418 e. The van der Waals surface area contributed by atoms with Gasteiger partial charge in [0.25, 0.3) is 5.91 Å². The molecule has 0 bridgehead atoms. The predicted molar refractivity (Wildman–Crippen MR) is 127 cm³/mol. The summed E-state index contributed by atoms with van der Waals surface area (Å²) in [5, 5.41) is 9.44. The number of hydrogen-bond donors (Lipinski definition) is 2. The van der Waals surface area contributed by atoms with Crippen molar-refractivity contribution in [1.29, 1.82) is 0 Å². The number of nitrogens with one attached hydrogen (secondary N) is 2. The number of aromatic amines is 1. The molecule has 0 fully saturated rings. The molecule has 2 N–H and O–H groups in total. The molecule has 1 amide bonds. The molecule has 3 aromatic heterocycles. The van der Waals surface area contributed by atoms with Crippen LogP contribution in [0.25, 0.3) is 27.8 Å². The Kier molecular flexibility index (Phi) is 5.48. The highest BCUT2D eigenvalue weighted by Gasteiger charge is 2.34. The Hall–Kier alpha value is -4.25. The fourth-order valence-electron chi connectivity index (χ4n) is 3.74. The van der Waals surface area contributed by atoms with Crippen LogP contribution in [0.1, 0.15) is 21.7 Å². The van der Waals surface area contributed by atoms with Crippen LogP contribution in [-0.4, -0.2) is 25.7 Å². The summed E-state index contributed by atoms with van der Waals surface area (Å²) in [6.07, 6.45) is -2.83. The van der Waals surface area contributed by atoms with Crippen molar-refractivity contribution in [2.45, 2.75) is 13.1 Å². The minimum absolute atomic E-state index is 0.152. The molecule has 0 atom stereocenters. The molecule has 0 aliphatic carbocycles. The van der Waals surface area contributed by atoms with Crippen LogP contribution in [0.4, 0.5) is 18.3 Å². The van der Waals surface area contributed by atoms with Gasteiger partial charge in [-0.3, -0.25) is 14.9 Å². The first-order valence-electron chi connectivity index (χ1n) is 10.3. The number of halogens is 3. The molecule has 0 aliphatic heterocycles. The lowest BCUT2D eigenvalue weighted by Crippen LogP contribution is -2.27. The lowest BCUT2D eigenvalue weighted by atomic mass is 10.1. The Labute approximate surface area is 199 Å². The maximum absolute atomic E-state index is 13.5. The molecule has 0 radical (unpaired) electrons. The van der Waals surface area contributed by atoms with Crippen LogP contribution in [0.2, 0.25) is 0 Å². The summed E-state index contributed by atoms with van der Waals surface area (Å²) in [6.45, 7) is 1.44. The number of fused-ring (bicyclic) bond motifs is 1. The number of H-pyrrole nitrogens is 1. The molecule has 0 saturated heterocycles. The van der Waals surface area contributed by atoms with E-state index in [9.17, 15) is 22.8 Å². The molecule has 11 heteroatoms. The van der Waals surface area contributed by atoms with Crippen LogP contribution in [0.5, 0.6) is 0 Å². The first-order chi connectivity index (χ1) is 16.7. The molecule has 5 rings (SSSR count). The zero-order valence-electron chi connectivity index (χ0n) is 18.1. The number of para-hydroxylation sites is 2. The fourth-order valence-corrected chi connectivity index (χ4v) is 4.45. The first-order valence-corrected chi connectivity index (χ1v) is 11.2. The van der Waals surface area contributed by atoms with Crippen molar-refractivity contribution in [2.24, 2.45) is 0 Å². The monoisotopic (exact) mass is 495 g/mol. The molecule has 176 valence electrons. The number of hydrogen-bond acceptors (Lipinski definition) is 5. The van der Waals surface area contributed by atoms with E-state index in [1.165, 1.54) is 25.1 Å². The van der Waals surface area contributed by atoms with E-state index < -0.39 is 28.8 Å². The number of aryl methyl sites for hydroxylation is 1. The van der Waals surface area contributed by atoms with E-state index in [1.54, 1.807) is 5.38 Å². The quantitative estimate of drug-likeness (QED) is 0.348. The number of amides is 1. The number of anilines is 1. The third-order valence-corrected chi connectivity index (χ3v) is 6.11. The Balaban J connectivity index is 1.47. The number of thiazole rings is 1. The smallest absolute Gasteiger partial charge is 0.360 e. The topological polar surface area (TPSA) is 92.7 Å². The van der Waals surface area contributed by atoms with E-state index in [2.05, 4.69) is 20.4 Å². The van der Waals surface area contributed by atoms with Gasteiger partial charge in [0.2, 0.25) is 5.43 Å².